The van der Waals surface area contributed by atoms with Crippen LogP contribution in [0.3, 0.4) is 0 Å². The molecule has 1 unspecified atom stereocenters. The Kier molecular flexibility index (Phi) is 3.64. The first-order valence-corrected chi connectivity index (χ1v) is 5.79. The molecular formula is C9H13NSe. The molecule has 0 fully saturated rings. The third kappa shape index (κ3) is 3.57. The number of nitrogens with two attached hydrogens (primary N) is 1. The Labute approximate surface area is 74.1 Å². The molecule has 0 bridgehead atoms. The van der Waals surface area contributed by atoms with E-state index in [4.69, 9.17) is 5.73 Å². The van der Waals surface area contributed by atoms with E-state index >= 15 is 0 Å². The third-order valence-electron chi connectivity index (χ3n) is 1.26. The SMILES string of the molecule is CC(N)C[Se]c1ccccc1. The summed E-state index contributed by atoms with van der Waals surface area (Å²) < 4.78 is 1.44. The van der Waals surface area contributed by atoms with Gasteiger partial charge in [-0.25, -0.2) is 0 Å². The van der Waals surface area contributed by atoms with Crippen LogP contribution in [0.15, 0.2) is 30.3 Å². The molecule has 0 saturated heterocycles. The van der Waals surface area contributed by atoms with Gasteiger partial charge in [0, 0.05) is 0 Å². The molecule has 1 aromatic rings. The van der Waals surface area contributed by atoms with Crippen molar-refractivity contribution in [1.29, 1.82) is 0 Å². The van der Waals surface area contributed by atoms with Crippen LogP contribution in [0.4, 0.5) is 0 Å². The van der Waals surface area contributed by atoms with Crippen molar-refractivity contribution in [1.82, 2.24) is 0 Å². The first-order valence-electron chi connectivity index (χ1n) is 3.72. The molecule has 1 aromatic carbocycles. The van der Waals surface area contributed by atoms with Gasteiger partial charge in [0.15, 0.2) is 0 Å². The Morgan fingerprint density at radius 1 is 1.36 bits per heavy atom. The van der Waals surface area contributed by atoms with Gasteiger partial charge in [0.2, 0.25) is 0 Å². The van der Waals surface area contributed by atoms with E-state index in [1.54, 1.807) is 0 Å². The Balaban J connectivity index is 2.39. The summed E-state index contributed by atoms with van der Waals surface area (Å²) >= 11 is 0.565. The minimum atomic E-state index is 0.343. The van der Waals surface area contributed by atoms with E-state index in [1.807, 2.05) is 6.07 Å². The van der Waals surface area contributed by atoms with Gasteiger partial charge in [-0.2, -0.15) is 0 Å². The fourth-order valence-corrected chi connectivity index (χ4v) is 2.43. The molecule has 60 valence electrons. The van der Waals surface area contributed by atoms with Gasteiger partial charge >= 0.3 is 73.8 Å². The van der Waals surface area contributed by atoms with E-state index in [2.05, 4.69) is 31.2 Å². The van der Waals surface area contributed by atoms with Crippen LogP contribution in [-0.2, 0) is 0 Å². The first-order chi connectivity index (χ1) is 5.29. The Bertz CT molecular complexity index is 196. The topological polar surface area (TPSA) is 26.0 Å². The van der Waals surface area contributed by atoms with Crippen molar-refractivity contribution in [3.05, 3.63) is 30.3 Å². The van der Waals surface area contributed by atoms with E-state index in [-0.39, 0.29) is 0 Å². The van der Waals surface area contributed by atoms with Crippen molar-refractivity contribution in [2.45, 2.75) is 18.3 Å². The second-order valence-electron chi connectivity index (χ2n) is 2.60. The molecule has 0 aromatic heterocycles. The first kappa shape index (κ1) is 8.79. The number of rotatable bonds is 3. The fourth-order valence-electron chi connectivity index (χ4n) is 0.744. The zero-order valence-electron chi connectivity index (χ0n) is 6.66. The average molecular weight is 214 g/mol. The summed E-state index contributed by atoms with van der Waals surface area (Å²) in [6, 6.07) is 10.9. The Morgan fingerprint density at radius 2 is 2.00 bits per heavy atom. The quantitative estimate of drug-likeness (QED) is 0.739. The molecule has 0 aliphatic heterocycles. The summed E-state index contributed by atoms with van der Waals surface area (Å²) in [5.74, 6) is 0. The number of benzene rings is 1. The maximum absolute atomic E-state index is 5.66. The standard InChI is InChI=1S/C9H13NSe/c1-8(10)7-11-9-5-3-2-4-6-9/h2-6,8H,7,10H2,1H3. The van der Waals surface area contributed by atoms with Gasteiger partial charge in [0.05, 0.1) is 0 Å². The van der Waals surface area contributed by atoms with Gasteiger partial charge in [-0.1, -0.05) is 0 Å². The number of hydrogen-bond acceptors (Lipinski definition) is 1. The van der Waals surface area contributed by atoms with Gasteiger partial charge in [0.1, 0.15) is 0 Å². The van der Waals surface area contributed by atoms with Crippen molar-refractivity contribution in [3.8, 4) is 0 Å². The summed E-state index contributed by atoms with van der Waals surface area (Å²) in [4.78, 5) is 0. The van der Waals surface area contributed by atoms with E-state index in [1.165, 1.54) is 4.46 Å². The Hall–Kier alpha value is -0.301. The molecule has 0 spiro atoms. The summed E-state index contributed by atoms with van der Waals surface area (Å²) in [6.07, 6.45) is 0. The molecule has 2 N–H and O–H groups in total. The molecule has 1 atom stereocenters. The van der Waals surface area contributed by atoms with Crippen molar-refractivity contribution >= 4 is 19.4 Å². The minimum absolute atomic E-state index is 0.343. The van der Waals surface area contributed by atoms with Crippen LogP contribution >= 0.6 is 0 Å². The van der Waals surface area contributed by atoms with Gasteiger partial charge < -0.3 is 0 Å². The van der Waals surface area contributed by atoms with Crippen LogP contribution in [-0.4, -0.2) is 21.0 Å². The molecule has 1 rings (SSSR count). The van der Waals surface area contributed by atoms with Crippen molar-refractivity contribution in [2.24, 2.45) is 5.73 Å². The Morgan fingerprint density at radius 3 is 2.55 bits per heavy atom. The molecular weight excluding hydrogens is 201 g/mol. The zero-order chi connectivity index (χ0) is 8.10. The normalized spacial score (nSPS) is 12.9. The van der Waals surface area contributed by atoms with Crippen LogP contribution in [0.25, 0.3) is 0 Å². The zero-order valence-corrected chi connectivity index (χ0v) is 8.37. The molecule has 1 nitrogen and oxygen atoms in total. The van der Waals surface area contributed by atoms with Gasteiger partial charge in [0.25, 0.3) is 0 Å². The fraction of sp³-hybridized carbons (Fsp3) is 0.333. The molecule has 0 heterocycles. The van der Waals surface area contributed by atoms with Crippen molar-refractivity contribution < 1.29 is 0 Å². The predicted molar refractivity (Wildman–Crippen MR) is 50.3 cm³/mol. The molecule has 2 heteroatoms. The van der Waals surface area contributed by atoms with E-state index in [0.29, 0.717) is 21.0 Å². The third-order valence-corrected chi connectivity index (χ3v) is 3.98. The van der Waals surface area contributed by atoms with Gasteiger partial charge in [-0.05, 0) is 0 Å². The average Bonchev–Trinajstić information content (AvgIpc) is 2.03. The summed E-state index contributed by atoms with van der Waals surface area (Å²) in [5.41, 5.74) is 5.66. The molecule has 11 heavy (non-hydrogen) atoms. The number of hydrogen-bond donors (Lipinski definition) is 1. The van der Waals surface area contributed by atoms with Gasteiger partial charge in [-0.15, -0.1) is 0 Å². The predicted octanol–water partition coefficient (Wildman–Crippen LogP) is 0.782. The molecule has 0 aliphatic rings. The maximum atomic E-state index is 5.66. The molecule has 0 saturated carbocycles. The molecule has 0 amide bonds. The second-order valence-corrected chi connectivity index (χ2v) is 4.90. The summed E-state index contributed by atoms with van der Waals surface area (Å²) in [5, 5.41) is 1.14. The van der Waals surface area contributed by atoms with Crippen LogP contribution in [0.1, 0.15) is 6.92 Å². The summed E-state index contributed by atoms with van der Waals surface area (Å²) in [7, 11) is 0. The van der Waals surface area contributed by atoms with E-state index in [0.717, 1.165) is 5.32 Å². The molecule has 0 radical (unpaired) electrons. The van der Waals surface area contributed by atoms with Crippen LogP contribution in [0, 0.1) is 0 Å². The summed E-state index contributed by atoms with van der Waals surface area (Å²) in [6.45, 7) is 2.06. The van der Waals surface area contributed by atoms with Crippen molar-refractivity contribution in [3.63, 3.8) is 0 Å². The second kappa shape index (κ2) is 4.55. The molecule has 0 aliphatic carbocycles. The van der Waals surface area contributed by atoms with Crippen LogP contribution in [0.2, 0.25) is 5.32 Å². The monoisotopic (exact) mass is 215 g/mol. The van der Waals surface area contributed by atoms with E-state index < -0.39 is 0 Å². The van der Waals surface area contributed by atoms with Crippen LogP contribution < -0.4 is 10.2 Å². The van der Waals surface area contributed by atoms with Crippen molar-refractivity contribution in [2.75, 3.05) is 0 Å². The van der Waals surface area contributed by atoms with Crippen LogP contribution in [0.5, 0.6) is 0 Å². The van der Waals surface area contributed by atoms with Gasteiger partial charge in [-0.3, -0.25) is 0 Å². The van der Waals surface area contributed by atoms with E-state index in [9.17, 15) is 0 Å².